The van der Waals surface area contributed by atoms with Crippen LogP contribution in [0.3, 0.4) is 0 Å². The molecule has 4 heterocycles. The number of fused-ring (bicyclic) bond motifs is 5. The molecule has 1 aliphatic carbocycles. The molecule has 40 heavy (non-hydrogen) atoms. The van der Waals surface area contributed by atoms with Crippen molar-refractivity contribution in [2.45, 2.75) is 71.6 Å². The molecule has 3 aromatic rings. The Morgan fingerprint density at radius 2 is 1.82 bits per heavy atom. The minimum atomic E-state index is -1.64. The molecule has 0 spiro atoms. The number of carbonyl (C=O) groups is 2. The maximum atomic E-state index is 13.6. The van der Waals surface area contributed by atoms with E-state index in [4.69, 9.17) is 9.72 Å². The second-order valence-electron chi connectivity index (χ2n) is 11.4. The number of amides is 1. The highest BCUT2D eigenvalue weighted by Crippen LogP contribution is 2.41. The maximum absolute atomic E-state index is 13.6. The van der Waals surface area contributed by atoms with Gasteiger partial charge in [0.25, 0.3) is 5.56 Å². The summed E-state index contributed by atoms with van der Waals surface area (Å²) in [5.41, 5.74) is 3.21. The Balaban J connectivity index is 1.36. The molecular weight excluding hydrogens is 508 g/mol. The first-order valence-corrected chi connectivity index (χ1v) is 14.4. The van der Waals surface area contributed by atoms with Crippen LogP contribution in [0.25, 0.3) is 22.3 Å². The average molecular weight is 545 g/mol. The highest BCUT2D eigenvalue weighted by molar-refractivity contribution is 5.92. The fourth-order valence-corrected chi connectivity index (χ4v) is 6.58. The van der Waals surface area contributed by atoms with Gasteiger partial charge in [0, 0.05) is 60.7 Å². The number of ether oxygens (including phenoxy) is 1. The number of rotatable bonds is 4. The third kappa shape index (κ3) is 4.06. The summed E-state index contributed by atoms with van der Waals surface area (Å²) in [7, 11) is 0. The van der Waals surface area contributed by atoms with E-state index in [1.807, 2.05) is 12.1 Å². The minimum absolute atomic E-state index is 0.163. The van der Waals surface area contributed by atoms with Gasteiger partial charge in [0.15, 0.2) is 5.78 Å². The Morgan fingerprint density at radius 1 is 1.07 bits per heavy atom. The number of piperazine rings is 1. The first-order valence-electron chi connectivity index (χ1n) is 14.4. The molecule has 210 valence electrons. The molecule has 1 atom stereocenters. The second kappa shape index (κ2) is 9.82. The van der Waals surface area contributed by atoms with Crippen LogP contribution < -0.4 is 10.3 Å². The Hall–Kier alpha value is -3.56. The van der Waals surface area contributed by atoms with Crippen molar-refractivity contribution in [1.82, 2.24) is 19.4 Å². The van der Waals surface area contributed by atoms with E-state index in [2.05, 4.69) is 25.7 Å². The van der Waals surface area contributed by atoms with Crippen LogP contribution in [0, 0.1) is 0 Å². The number of pyridine rings is 2. The van der Waals surface area contributed by atoms with E-state index in [0.717, 1.165) is 35.1 Å². The molecule has 1 unspecified atom stereocenters. The molecular formula is C31H36N4O5. The van der Waals surface area contributed by atoms with Crippen molar-refractivity contribution in [3.8, 4) is 17.1 Å². The summed E-state index contributed by atoms with van der Waals surface area (Å²) in [4.78, 5) is 48.2. The predicted molar refractivity (Wildman–Crippen MR) is 152 cm³/mol. The van der Waals surface area contributed by atoms with Gasteiger partial charge in [0.2, 0.25) is 0 Å². The van der Waals surface area contributed by atoms with Gasteiger partial charge in [-0.25, -0.2) is 9.78 Å². The minimum Gasteiger partial charge on any atom is -0.410 e. The van der Waals surface area contributed by atoms with E-state index in [-0.39, 0.29) is 30.3 Å². The molecule has 2 aromatic heterocycles. The number of aryl methyl sites for hydroxylation is 1. The number of ketones is 1. The van der Waals surface area contributed by atoms with Gasteiger partial charge in [-0.1, -0.05) is 13.8 Å². The summed E-state index contributed by atoms with van der Waals surface area (Å²) in [6.07, 6.45) is 1.07. The molecule has 1 saturated heterocycles. The summed E-state index contributed by atoms with van der Waals surface area (Å²) in [6.45, 7) is 11.5. The van der Waals surface area contributed by atoms with Crippen LogP contribution in [-0.4, -0.2) is 68.6 Å². The summed E-state index contributed by atoms with van der Waals surface area (Å²) in [5, 5.41) is 12.1. The van der Waals surface area contributed by atoms with Crippen LogP contribution in [-0.2, 0) is 29.8 Å². The van der Waals surface area contributed by atoms with E-state index in [9.17, 15) is 19.5 Å². The zero-order valence-corrected chi connectivity index (χ0v) is 23.6. The summed E-state index contributed by atoms with van der Waals surface area (Å²) >= 11 is 0. The van der Waals surface area contributed by atoms with E-state index in [1.165, 1.54) is 0 Å². The standard InChI is InChI=1S/C31H36N4O5/c1-5-20-22-15-19(40-30(38)34-13-11-33(12-14-34)18(3)4)7-9-25(22)32-28-23(20)17-35-26(28)16-24-21(29(35)37)8-10-27(36)31(24,39)6-2/h7,9,15-16,18,39H,5-6,8,10-14,17H2,1-4H3. The summed E-state index contributed by atoms with van der Waals surface area (Å²) in [6, 6.07) is 7.73. The monoisotopic (exact) mass is 544 g/mol. The van der Waals surface area contributed by atoms with Crippen LogP contribution in [0.15, 0.2) is 29.1 Å². The van der Waals surface area contributed by atoms with Crippen LogP contribution in [0.2, 0.25) is 0 Å². The van der Waals surface area contributed by atoms with E-state index >= 15 is 0 Å². The molecule has 6 rings (SSSR count). The Bertz CT molecular complexity index is 1600. The third-order valence-electron chi connectivity index (χ3n) is 9.02. The number of aliphatic hydroxyl groups is 1. The lowest BCUT2D eigenvalue weighted by Crippen LogP contribution is -2.51. The van der Waals surface area contributed by atoms with Crippen LogP contribution >= 0.6 is 0 Å². The number of hydrogen-bond donors (Lipinski definition) is 1. The fraction of sp³-hybridized carbons (Fsp3) is 0.484. The van der Waals surface area contributed by atoms with Gasteiger partial charge in [-0.15, -0.1) is 0 Å². The first kappa shape index (κ1) is 26.7. The van der Waals surface area contributed by atoms with Gasteiger partial charge in [-0.05, 0) is 62.9 Å². The molecule has 1 amide bonds. The van der Waals surface area contributed by atoms with E-state index in [0.29, 0.717) is 66.8 Å². The largest absolute Gasteiger partial charge is 0.415 e. The van der Waals surface area contributed by atoms with Crippen LogP contribution in [0.1, 0.15) is 62.8 Å². The van der Waals surface area contributed by atoms with Gasteiger partial charge >= 0.3 is 6.09 Å². The van der Waals surface area contributed by atoms with Crippen molar-refractivity contribution in [3.63, 3.8) is 0 Å². The normalized spacial score (nSPS) is 20.6. The van der Waals surface area contributed by atoms with Gasteiger partial charge in [-0.2, -0.15) is 0 Å². The van der Waals surface area contributed by atoms with Gasteiger partial charge < -0.3 is 19.3 Å². The smallest absolute Gasteiger partial charge is 0.410 e. The third-order valence-corrected chi connectivity index (χ3v) is 9.02. The zero-order chi connectivity index (χ0) is 28.3. The molecule has 0 saturated carbocycles. The molecule has 1 fully saturated rings. The molecule has 9 nitrogen and oxygen atoms in total. The lowest BCUT2D eigenvalue weighted by molar-refractivity contribution is -0.140. The lowest BCUT2D eigenvalue weighted by Gasteiger charge is -2.36. The average Bonchev–Trinajstić information content (AvgIpc) is 3.32. The zero-order valence-electron chi connectivity index (χ0n) is 23.6. The number of aromatic nitrogens is 2. The highest BCUT2D eigenvalue weighted by Gasteiger charge is 2.43. The van der Waals surface area contributed by atoms with E-state index in [1.54, 1.807) is 28.5 Å². The van der Waals surface area contributed by atoms with Gasteiger partial charge in [0.1, 0.15) is 11.4 Å². The van der Waals surface area contributed by atoms with Crippen molar-refractivity contribution in [2.75, 3.05) is 26.2 Å². The first-order chi connectivity index (χ1) is 19.2. The summed E-state index contributed by atoms with van der Waals surface area (Å²) < 4.78 is 7.52. The Morgan fingerprint density at radius 3 is 2.50 bits per heavy atom. The molecule has 0 bridgehead atoms. The van der Waals surface area contributed by atoms with Gasteiger partial charge in [0.05, 0.1) is 23.4 Å². The quantitative estimate of drug-likeness (QED) is 0.418. The highest BCUT2D eigenvalue weighted by atomic mass is 16.6. The predicted octanol–water partition coefficient (Wildman–Crippen LogP) is 3.63. The molecule has 1 N–H and O–H groups in total. The Labute approximate surface area is 233 Å². The molecule has 9 heteroatoms. The molecule has 0 radical (unpaired) electrons. The molecule has 3 aliphatic rings. The number of benzene rings is 1. The van der Waals surface area contributed by atoms with Crippen molar-refractivity contribution < 1.29 is 19.4 Å². The van der Waals surface area contributed by atoms with Crippen LogP contribution in [0.4, 0.5) is 4.79 Å². The number of carbonyl (C=O) groups excluding carboxylic acids is 2. The fourth-order valence-electron chi connectivity index (χ4n) is 6.58. The number of Topliss-reactive ketones (excluding diaryl/α,β-unsaturated/α-hetero) is 1. The topological polar surface area (TPSA) is 105 Å². The lowest BCUT2D eigenvalue weighted by atomic mass is 9.77. The summed E-state index contributed by atoms with van der Waals surface area (Å²) in [5.74, 6) is 0.226. The van der Waals surface area contributed by atoms with Crippen molar-refractivity contribution >= 4 is 22.8 Å². The van der Waals surface area contributed by atoms with Crippen molar-refractivity contribution in [1.29, 1.82) is 0 Å². The number of hydrogen-bond acceptors (Lipinski definition) is 7. The Kier molecular flexibility index (Phi) is 6.54. The SMILES string of the molecule is CCc1c2c(nc3ccc(OC(=O)N4CCN(C(C)C)CC4)cc13)-c1cc3c(c(=O)n1C2)CCC(=O)C3(O)CC. The second-order valence-corrected chi connectivity index (χ2v) is 11.4. The molecule has 2 aliphatic heterocycles. The van der Waals surface area contributed by atoms with Crippen LogP contribution in [0.5, 0.6) is 5.75 Å². The van der Waals surface area contributed by atoms with E-state index < -0.39 is 5.60 Å². The number of nitrogens with zero attached hydrogens (tertiary/aromatic N) is 4. The van der Waals surface area contributed by atoms with Gasteiger partial charge in [-0.3, -0.25) is 14.5 Å². The maximum Gasteiger partial charge on any atom is 0.415 e. The van der Waals surface area contributed by atoms with Crippen molar-refractivity contribution in [2.24, 2.45) is 0 Å². The van der Waals surface area contributed by atoms with Crippen molar-refractivity contribution in [3.05, 3.63) is 56.9 Å². The molecule has 1 aromatic carbocycles.